The number of imidazole rings is 2. The molecule has 0 amide bonds. The van der Waals surface area contributed by atoms with Crippen LogP contribution in [0.4, 0.5) is 0 Å². The average molecular weight is 323 g/mol. The van der Waals surface area contributed by atoms with Gasteiger partial charge in [0.1, 0.15) is 15.9 Å². The molecule has 0 aliphatic carbocycles. The third-order valence-corrected chi connectivity index (χ3v) is 4.18. The first-order chi connectivity index (χ1) is 9.19. The molecule has 3 aromatic rings. The van der Waals surface area contributed by atoms with Crippen LogP contribution in [0.3, 0.4) is 0 Å². The van der Waals surface area contributed by atoms with E-state index in [9.17, 15) is 0 Å². The van der Waals surface area contributed by atoms with Crippen LogP contribution in [0.1, 0.15) is 5.69 Å². The summed E-state index contributed by atoms with van der Waals surface area (Å²) in [6, 6.07) is 5.93. The Morgan fingerprint density at radius 1 is 1.42 bits per heavy atom. The smallest absolute Gasteiger partial charge is 0.216 e. The Morgan fingerprint density at radius 3 is 2.89 bits per heavy atom. The molecule has 6 heteroatoms. The molecule has 0 atom stereocenters. The van der Waals surface area contributed by atoms with E-state index in [1.54, 1.807) is 7.11 Å². The monoisotopic (exact) mass is 322 g/mol. The van der Waals surface area contributed by atoms with Gasteiger partial charge in [-0.05, 0) is 34.6 Å². The fraction of sp³-hybridized carbons (Fsp3) is 0.308. The quantitative estimate of drug-likeness (QED) is 0.803. The highest BCUT2D eigenvalue weighted by molar-refractivity contribution is 9.10. The minimum absolute atomic E-state index is 0.612. The van der Waals surface area contributed by atoms with Crippen LogP contribution in [0.25, 0.3) is 16.8 Å². The van der Waals surface area contributed by atoms with E-state index >= 15 is 0 Å². The van der Waals surface area contributed by atoms with Crippen molar-refractivity contribution in [1.82, 2.24) is 14.0 Å². The maximum absolute atomic E-state index is 5.66. The van der Waals surface area contributed by atoms with E-state index in [0.717, 1.165) is 39.3 Å². The molecule has 0 fully saturated rings. The number of benzene rings is 1. The van der Waals surface area contributed by atoms with Gasteiger partial charge in [0.2, 0.25) is 5.78 Å². The maximum atomic E-state index is 5.66. The van der Waals surface area contributed by atoms with Gasteiger partial charge in [-0.2, -0.15) is 0 Å². The van der Waals surface area contributed by atoms with Gasteiger partial charge in [0, 0.05) is 13.5 Å². The second kappa shape index (κ2) is 4.54. The number of aryl methyl sites for hydroxylation is 1. The van der Waals surface area contributed by atoms with E-state index in [0.29, 0.717) is 6.54 Å². The number of nitrogens with two attached hydrogens (primary N) is 1. The van der Waals surface area contributed by atoms with Gasteiger partial charge < -0.3 is 15.0 Å². The van der Waals surface area contributed by atoms with Gasteiger partial charge in [0.15, 0.2) is 0 Å². The summed E-state index contributed by atoms with van der Waals surface area (Å²) in [5.74, 6) is 1.67. The predicted molar refractivity (Wildman–Crippen MR) is 78.7 cm³/mol. The Kier molecular flexibility index (Phi) is 2.99. The Balaban J connectivity index is 2.41. The summed E-state index contributed by atoms with van der Waals surface area (Å²) in [6.45, 7) is 0.612. The van der Waals surface area contributed by atoms with Crippen molar-refractivity contribution in [3.05, 3.63) is 28.5 Å². The van der Waals surface area contributed by atoms with Crippen molar-refractivity contribution in [3.8, 4) is 5.75 Å². The van der Waals surface area contributed by atoms with Gasteiger partial charge >= 0.3 is 0 Å². The van der Waals surface area contributed by atoms with E-state index < -0.39 is 0 Å². The largest absolute Gasteiger partial charge is 0.494 e. The third-order valence-electron chi connectivity index (χ3n) is 3.37. The number of hydrogen-bond donors (Lipinski definition) is 1. The summed E-state index contributed by atoms with van der Waals surface area (Å²) >= 11 is 3.66. The van der Waals surface area contributed by atoms with Crippen molar-refractivity contribution < 1.29 is 4.74 Å². The zero-order valence-corrected chi connectivity index (χ0v) is 12.4. The van der Waals surface area contributed by atoms with Crippen molar-refractivity contribution in [2.75, 3.05) is 13.7 Å². The van der Waals surface area contributed by atoms with Crippen LogP contribution in [0.2, 0.25) is 0 Å². The molecule has 0 radical (unpaired) electrons. The fourth-order valence-corrected chi connectivity index (χ4v) is 3.25. The number of halogens is 1. The number of nitrogens with zero attached hydrogens (tertiary/aromatic N) is 3. The molecule has 0 saturated heterocycles. The first-order valence-electron chi connectivity index (χ1n) is 6.07. The molecule has 3 rings (SSSR count). The van der Waals surface area contributed by atoms with Crippen molar-refractivity contribution in [2.45, 2.75) is 6.42 Å². The molecule has 2 aromatic heterocycles. The van der Waals surface area contributed by atoms with Gasteiger partial charge in [-0.25, -0.2) is 4.98 Å². The summed E-state index contributed by atoms with van der Waals surface area (Å²) in [7, 11) is 3.66. The number of ether oxygens (including phenoxy) is 1. The highest BCUT2D eigenvalue weighted by atomic mass is 79.9. The first kappa shape index (κ1) is 12.5. The molecule has 19 heavy (non-hydrogen) atoms. The lowest BCUT2D eigenvalue weighted by molar-refractivity contribution is 0.419. The lowest BCUT2D eigenvalue weighted by Crippen LogP contribution is -2.07. The Labute approximate surface area is 119 Å². The summed E-state index contributed by atoms with van der Waals surface area (Å²) < 4.78 is 10.5. The number of para-hydroxylation sites is 1. The second-order valence-corrected chi connectivity index (χ2v) is 5.16. The van der Waals surface area contributed by atoms with Gasteiger partial charge in [0.25, 0.3) is 0 Å². The van der Waals surface area contributed by atoms with Crippen molar-refractivity contribution >= 4 is 32.7 Å². The lowest BCUT2D eigenvalue weighted by atomic mass is 10.3. The summed E-state index contributed by atoms with van der Waals surface area (Å²) in [6.07, 6.45) is 0.811. The molecule has 0 bridgehead atoms. The Bertz CT molecular complexity index is 759. The molecule has 2 N–H and O–H groups in total. The van der Waals surface area contributed by atoms with E-state index in [4.69, 9.17) is 10.5 Å². The van der Waals surface area contributed by atoms with Gasteiger partial charge in [-0.3, -0.25) is 4.40 Å². The topological polar surface area (TPSA) is 57.5 Å². The van der Waals surface area contributed by atoms with Crippen LogP contribution >= 0.6 is 15.9 Å². The number of rotatable bonds is 3. The van der Waals surface area contributed by atoms with Crippen molar-refractivity contribution in [1.29, 1.82) is 0 Å². The van der Waals surface area contributed by atoms with E-state index in [1.165, 1.54) is 0 Å². The zero-order valence-electron chi connectivity index (χ0n) is 10.9. The van der Waals surface area contributed by atoms with Crippen LogP contribution in [-0.4, -0.2) is 27.6 Å². The molecule has 0 spiro atoms. The van der Waals surface area contributed by atoms with Gasteiger partial charge in [-0.15, -0.1) is 0 Å². The molecular formula is C13H15BrN4O. The van der Waals surface area contributed by atoms with Crippen LogP contribution < -0.4 is 10.5 Å². The number of aromatic nitrogens is 3. The normalized spacial score (nSPS) is 11.6. The van der Waals surface area contributed by atoms with Gasteiger partial charge in [0.05, 0.1) is 18.3 Å². The highest BCUT2D eigenvalue weighted by Gasteiger charge is 2.18. The fourth-order valence-electron chi connectivity index (χ4n) is 2.44. The Hall–Kier alpha value is -1.53. The standard InChI is InChI=1S/C13H15BrN4O/c1-17-9(6-7-15)12(14)18-8-4-3-5-10(19-2)11(8)16-13(17)18/h3-5H,6-7,15H2,1-2H3. The molecule has 100 valence electrons. The third kappa shape index (κ3) is 1.67. The van der Waals surface area contributed by atoms with E-state index in [-0.39, 0.29) is 0 Å². The molecule has 0 unspecified atom stereocenters. The van der Waals surface area contributed by atoms with Crippen LogP contribution in [-0.2, 0) is 13.5 Å². The Morgan fingerprint density at radius 2 is 2.21 bits per heavy atom. The zero-order chi connectivity index (χ0) is 13.6. The molecule has 0 aliphatic rings. The lowest BCUT2D eigenvalue weighted by Gasteiger charge is -2.02. The van der Waals surface area contributed by atoms with Crippen molar-refractivity contribution in [3.63, 3.8) is 0 Å². The molecule has 0 aliphatic heterocycles. The highest BCUT2D eigenvalue weighted by Crippen LogP contribution is 2.31. The molecule has 0 saturated carbocycles. The second-order valence-electron chi connectivity index (χ2n) is 4.41. The predicted octanol–water partition coefficient (Wildman–Crippen LogP) is 2.10. The number of fused-ring (bicyclic) bond motifs is 3. The SMILES string of the molecule is COc1cccc2c1nc1n(C)c(CCN)c(Br)n21. The summed E-state index contributed by atoms with van der Waals surface area (Å²) in [4.78, 5) is 4.68. The van der Waals surface area contributed by atoms with Gasteiger partial charge in [-0.1, -0.05) is 6.07 Å². The molecule has 2 heterocycles. The average Bonchev–Trinajstić information content (AvgIpc) is 2.91. The minimum atomic E-state index is 0.612. The minimum Gasteiger partial charge on any atom is -0.494 e. The number of methoxy groups -OCH3 is 1. The van der Waals surface area contributed by atoms with Crippen LogP contribution in [0, 0.1) is 0 Å². The first-order valence-corrected chi connectivity index (χ1v) is 6.86. The molecule has 1 aromatic carbocycles. The van der Waals surface area contributed by atoms with Crippen LogP contribution in [0.15, 0.2) is 22.8 Å². The number of hydrogen-bond acceptors (Lipinski definition) is 3. The maximum Gasteiger partial charge on any atom is 0.216 e. The molecular weight excluding hydrogens is 308 g/mol. The van der Waals surface area contributed by atoms with E-state index in [1.807, 2.05) is 25.2 Å². The molecule has 5 nitrogen and oxygen atoms in total. The van der Waals surface area contributed by atoms with E-state index in [2.05, 4.69) is 29.9 Å². The van der Waals surface area contributed by atoms with Crippen molar-refractivity contribution in [2.24, 2.45) is 12.8 Å². The summed E-state index contributed by atoms with van der Waals surface area (Å²) in [5, 5.41) is 0. The summed E-state index contributed by atoms with van der Waals surface area (Å²) in [5.41, 5.74) is 8.71. The van der Waals surface area contributed by atoms with Crippen LogP contribution in [0.5, 0.6) is 5.75 Å².